The average Bonchev–Trinajstić information content (AvgIpc) is 2.66. The summed E-state index contributed by atoms with van der Waals surface area (Å²) in [5, 5.41) is 3.58. The quantitative estimate of drug-likeness (QED) is 0.815. The molecule has 2 aromatic rings. The van der Waals surface area contributed by atoms with Gasteiger partial charge in [-0.25, -0.2) is 4.39 Å². The molecule has 0 aliphatic carbocycles. The Kier molecular flexibility index (Phi) is 3.62. The molecule has 2 rings (SSSR count). The number of hydrogen-bond donors (Lipinski definition) is 2. The van der Waals surface area contributed by atoms with Gasteiger partial charge in [0.2, 0.25) is 0 Å². The molecule has 0 atom stereocenters. The van der Waals surface area contributed by atoms with E-state index in [1.54, 1.807) is 13.2 Å². The van der Waals surface area contributed by atoms with Crippen LogP contribution in [0.4, 0.5) is 4.39 Å². The average molecular weight is 250 g/mol. The van der Waals surface area contributed by atoms with E-state index in [4.69, 9.17) is 4.74 Å². The molecule has 18 heavy (non-hydrogen) atoms. The van der Waals surface area contributed by atoms with Gasteiger partial charge in [0.1, 0.15) is 11.5 Å². The summed E-state index contributed by atoms with van der Waals surface area (Å²) < 4.78 is 17.9. The highest BCUT2D eigenvalue weighted by molar-refractivity contribution is 6.00. The molecule has 1 heterocycles. The van der Waals surface area contributed by atoms with Gasteiger partial charge in [-0.15, -0.1) is 0 Å². The molecule has 0 spiro atoms. The van der Waals surface area contributed by atoms with Crippen molar-refractivity contribution in [3.63, 3.8) is 0 Å². The Hall–Kier alpha value is -1.88. The van der Waals surface area contributed by atoms with E-state index in [9.17, 15) is 9.18 Å². The summed E-state index contributed by atoms with van der Waals surface area (Å²) in [6.07, 6.45) is 0. The van der Waals surface area contributed by atoms with Crippen LogP contribution in [0.1, 0.15) is 16.1 Å². The molecule has 0 saturated carbocycles. The predicted molar refractivity (Wildman–Crippen MR) is 67.2 cm³/mol. The van der Waals surface area contributed by atoms with Crippen LogP contribution < -0.4 is 5.32 Å². The topological polar surface area (TPSA) is 54.1 Å². The number of rotatable bonds is 4. The number of carbonyl (C=O) groups is 1. The number of fused-ring (bicyclic) bond motifs is 1. The molecule has 0 radical (unpaired) electrons. The van der Waals surface area contributed by atoms with Crippen LogP contribution in [0.3, 0.4) is 0 Å². The third-order valence-corrected chi connectivity index (χ3v) is 2.84. The molecule has 2 N–H and O–H groups in total. The highest BCUT2D eigenvalue weighted by atomic mass is 19.1. The molecule has 4 nitrogen and oxygen atoms in total. The molecule has 0 saturated heterocycles. The second-order valence-corrected chi connectivity index (χ2v) is 4.06. The van der Waals surface area contributed by atoms with Gasteiger partial charge in [-0.3, -0.25) is 4.79 Å². The van der Waals surface area contributed by atoms with E-state index < -0.39 is 0 Å². The second kappa shape index (κ2) is 5.18. The van der Waals surface area contributed by atoms with Crippen LogP contribution in [0, 0.1) is 12.7 Å². The van der Waals surface area contributed by atoms with E-state index in [0.717, 1.165) is 10.9 Å². The standard InChI is InChI=1S/C13H15FN2O2/c1-8-10-4-3-9(14)7-11(10)16-12(8)13(17)15-5-6-18-2/h3-4,7,16H,5-6H2,1-2H3,(H,15,17). The number of carbonyl (C=O) groups excluding carboxylic acids is 1. The van der Waals surface area contributed by atoms with Crippen LogP contribution in [0.25, 0.3) is 10.9 Å². The van der Waals surface area contributed by atoms with Crippen molar-refractivity contribution in [2.45, 2.75) is 6.92 Å². The number of hydrogen-bond acceptors (Lipinski definition) is 2. The molecule has 1 aromatic heterocycles. The van der Waals surface area contributed by atoms with Crippen molar-refractivity contribution in [3.8, 4) is 0 Å². The lowest BCUT2D eigenvalue weighted by atomic mass is 10.1. The van der Waals surface area contributed by atoms with Crippen molar-refractivity contribution in [2.75, 3.05) is 20.3 Å². The van der Waals surface area contributed by atoms with Crippen LogP contribution in [0.2, 0.25) is 0 Å². The number of methoxy groups -OCH3 is 1. The van der Waals surface area contributed by atoms with Gasteiger partial charge in [0, 0.05) is 24.6 Å². The summed E-state index contributed by atoms with van der Waals surface area (Å²) in [6.45, 7) is 2.74. The highest BCUT2D eigenvalue weighted by Crippen LogP contribution is 2.22. The first-order valence-corrected chi connectivity index (χ1v) is 5.68. The number of nitrogens with one attached hydrogen (secondary N) is 2. The van der Waals surface area contributed by atoms with Gasteiger partial charge in [-0.05, 0) is 30.7 Å². The number of amides is 1. The monoisotopic (exact) mass is 250 g/mol. The fourth-order valence-corrected chi connectivity index (χ4v) is 1.89. The molecule has 0 fully saturated rings. The second-order valence-electron chi connectivity index (χ2n) is 4.06. The molecule has 0 bridgehead atoms. The zero-order valence-corrected chi connectivity index (χ0v) is 10.3. The van der Waals surface area contributed by atoms with Gasteiger partial charge in [0.05, 0.1) is 6.61 Å². The fourth-order valence-electron chi connectivity index (χ4n) is 1.89. The smallest absolute Gasteiger partial charge is 0.268 e. The summed E-state index contributed by atoms with van der Waals surface area (Å²) in [5.74, 6) is -0.531. The Bertz CT molecular complexity index is 578. The van der Waals surface area contributed by atoms with Crippen LogP contribution in [0.5, 0.6) is 0 Å². The highest BCUT2D eigenvalue weighted by Gasteiger charge is 2.14. The Morgan fingerprint density at radius 2 is 2.28 bits per heavy atom. The molecular formula is C13H15FN2O2. The molecular weight excluding hydrogens is 235 g/mol. The van der Waals surface area contributed by atoms with Gasteiger partial charge in [0.25, 0.3) is 5.91 Å². The molecule has 5 heteroatoms. The maximum Gasteiger partial charge on any atom is 0.268 e. The fraction of sp³-hybridized carbons (Fsp3) is 0.308. The molecule has 0 unspecified atom stereocenters. The number of aryl methyl sites for hydroxylation is 1. The van der Waals surface area contributed by atoms with Gasteiger partial charge >= 0.3 is 0 Å². The zero-order valence-electron chi connectivity index (χ0n) is 10.3. The first-order valence-electron chi connectivity index (χ1n) is 5.68. The lowest BCUT2D eigenvalue weighted by Crippen LogP contribution is -2.27. The first kappa shape index (κ1) is 12.6. The summed E-state index contributed by atoms with van der Waals surface area (Å²) >= 11 is 0. The number of aromatic amines is 1. The van der Waals surface area contributed by atoms with E-state index in [-0.39, 0.29) is 11.7 Å². The lowest BCUT2D eigenvalue weighted by molar-refractivity contribution is 0.0932. The third-order valence-electron chi connectivity index (χ3n) is 2.84. The maximum absolute atomic E-state index is 13.1. The number of ether oxygens (including phenoxy) is 1. The normalized spacial score (nSPS) is 10.8. The molecule has 1 aromatic carbocycles. The van der Waals surface area contributed by atoms with Crippen LogP contribution in [-0.2, 0) is 4.74 Å². The molecule has 0 aliphatic heterocycles. The minimum absolute atomic E-state index is 0.207. The lowest BCUT2D eigenvalue weighted by Gasteiger charge is -2.03. The van der Waals surface area contributed by atoms with E-state index in [1.165, 1.54) is 12.1 Å². The Morgan fingerprint density at radius 3 is 3.00 bits per heavy atom. The number of benzene rings is 1. The van der Waals surface area contributed by atoms with Crippen LogP contribution in [0.15, 0.2) is 18.2 Å². The van der Waals surface area contributed by atoms with E-state index in [0.29, 0.717) is 24.4 Å². The van der Waals surface area contributed by atoms with Gasteiger partial charge in [0.15, 0.2) is 0 Å². The van der Waals surface area contributed by atoms with Crippen molar-refractivity contribution >= 4 is 16.8 Å². The van der Waals surface area contributed by atoms with Crippen molar-refractivity contribution in [1.29, 1.82) is 0 Å². The number of H-pyrrole nitrogens is 1. The summed E-state index contributed by atoms with van der Waals surface area (Å²) in [6, 6.07) is 4.44. The third kappa shape index (κ3) is 2.36. The van der Waals surface area contributed by atoms with Gasteiger partial charge < -0.3 is 15.0 Å². The van der Waals surface area contributed by atoms with Crippen molar-refractivity contribution in [2.24, 2.45) is 0 Å². The predicted octanol–water partition coefficient (Wildman–Crippen LogP) is 1.99. The van der Waals surface area contributed by atoms with E-state index >= 15 is 0 Å². The van der Waals surface area contributed by atoms with Gasteiger partial charge in [-0.1, -0.05) is 0 Å². The minimum atomic E-state index is -0.324. The van der Waals surface area contributed by atoms with E-state index in [2.05, 4.69) is 10.3 Å². The summed E-state index contributed by atoms with van der Waals surface area (Å²) in [7, 11) is 1.57. The zero-order chi connectivity index (χ0) is 13.1. The number of halogens is 1. The first-order chi connectivity index (χ1) is 8.63. The van der Waals surface area contributed by atoms with Crippen molar-refractivity contribution in [3.05, 3.63) is 35.3 Å². The summed E-state index contributed by atoms with van der Waals surface area (Å²) in [5.41, 5.74) is 1.91. The Labute approximate surface area is 104 Å². The van der Waals surface area contributed by atoms with Crippen LogP contribution >= 0.6 is 0 Å². The Balaban J connectivity index is 2.28. The maximum atomic E-state index is 13.1. The molecule has 0 aliphatic rings. The van der Waals surface area contributed by atoms with Gasteiger partial charge in [-0.2, -0.15) is 0 Å². The van der Waals surface area contributed by atoms with Crippen LogP contribution in [-0.4, -0.2) is 31.2 Å². The largest absolute Gasteiger partial charge is 0.383 e. The summed E-state index contributed by atoms with van der Waals surface area (Å²) in [4.78, 5) is 14.8. The van der Waals surface area contributed by atoms with Crippen molar-refractivity contribution < 1.29 is 13.9 Å². The van der Waals surface area contributed by atoms with Crippen molar-refractivity contribution in [1.82, 2.24) is 10.3 Å². The number of aromatic nitrogens is 1. The SMILES string of the molecule is COCCNC(=O)c1[nH]c2cc(F)ccc2c1C. The molecule has 96 valence electrons. The minimum Gasteiger partial charge on any atom is -0.383 e. The molecule has 1 amide bonds. The Morgan fingerprint density at radius 1 is 1.50 bits per heavy atom. The van der Waals surface area contributed by atoms with E-state index in [1.807, 2.05) is 6.92 Å².